The maximum Gasteiger partial charge on any atom is 0.228 e. The van der Waals surface area contributed by atoms with Crippen molar-refractivity contribution in [1.82, 2.24) is 15.0 Å². The Labute approximate surface area is 175 Å². The van der Waals surface area contributed by atoms with Crippen molar-refractivity contribution in [1.29, 1.82) is 0 Å². The molecule has 2 aliphatic heterocycles. The molecule has 1 aromatic heterocycles. The number of piperazine rings is 1. The molecule has 1 unspecified atom stereocenters. The third-order valence-electron chi connectivity index (χ3n) is 5.86. The average Bonchev–Trinajstić information content (AvgIpc) is 3.26. The van der Waals surface area contributed by atoms with Crippen LogP contribution in [0.25, 0.3) is 0 Å². The van der Waals surface area contributed by atoms with Gasteiger partial charge in [0.25, 0.3) is 0 Å². The number of hydrogen-bond acceptors (Lipinski definition) is 5. The van der Waals surface area contributed by atoms with Gasteiger partial charge in [-0.1, -0.05) is 16.8 Å². The Morgan fingerprint density at radius 3 is 2.48 bits per heavy atom. The molecule has 0 spiro atoms. The Kier molecular flexibility index (Phi) is 5.61. The van der Waals surface area contributed by atoms with Crippen molar-refractivity contribution in [2.45, 2.75) is 26.8 Å². The monoisotopic (exact) mass is 416 g/mol. The van der Waals surface area contributed by atoms with Gasteiger partial charge in [0.05, 0.1) is 11.6 Å². The number of carbonyl (C=O) groups is 2. The molecule has 1 atom stereocenters. The van der Waals surface area contributed by atoms with E-state index in [4.69, 9.17) is 16.1 Å². The van der Waals surface area contributed by atoms with Gasteiger partial charge in [0.15, 0.2) is 0 Å². The van der Waals surface area contributed by atoms with Crippen LogP contribution >= 0.6 is 11.6 Å². The topological polar surface area (TPSA) is 69.9 Å². The second kappa shape index (κ2) is 8.16. The normalized spacial score (nSPS) is 20.5. The number of carbonyl (C=O) groups excluding carboxylic acids is 2. The van der Waals surface area contributed by atoms with Crippen LogP contribution in [-0.2, 0) is 16.1 Å². The van der Waals surface area contributed by atoms with E-state index in [1.54, 1.807) is 17.0 Å². The predicted molar refractivity (Wildman–Crippen MR) is 110 cm³/mol. The number of halogens is 1. The number of amides is 2. The van der Waals surface area contributed by atoms with Gasteiger partial charge < -0.3 is 14.3 Å². The van der Waals surface area contributed by atoms with Crippen molar-refractivity contribution in [3.63, 3.8) is 0 Å². The molecular formula is C21H25ClN4O3. The lowest BCUT2D eigenvalue weighted by Gasteiger charge is -2.35. The number of rotatable bonds is 4. The van der Waals surface area contributed by atoms with Gasteiger partial charge in [-0.3, -0.25) is 14.5 Å². The maximum atomic E-state index is 13.0. The molecule has 0 aliphatic carbocycles. The van der Waals surface area contributed by atoms with Gasteiger partial charge in [0, 0.05) is 62.0 Å². The highest BCUT2D eigenvalue weighted by atomic mass is 35.5. The van der Waals surface area contributed by atoms with Gasteiger partial charge in [0.1, 0.15) is 5.76 Å². The number of nitrogens with zero attached hydrogens (tertiary/aromatic N) is 4. The SMILES string of the molecule is Cc1noc(C)c1CN1CCN(C(=O)C2CC(=O)N(c3ccc(Cl)cc3)C2)CC1. The largest absolute Gasteiger partial charge is 0.361 e. The van der Waals surface area contributed by atoms with Gasteiger partial charge in [-0.2, -0.15) is 0 Å². The summed E-state index contributed by atoms with van der Waals surface area (Å²) in [5.41, 5.74) is 2.84. The molecule has 2 amide bonds. The highest BCUT2D eigenvalue weighted by Gasteiger charge is 2.38. The minimum atomic E-state index is -0.285. The van der Waals surface area contributed by atoms with Gasteiger partial charge in [-0.15, -0.1) is 0 Å². The zero-order valence-corrected chi connectivity index (χ0v) is 17.5. The summed E-state index contributed by atoms with van der Waals surface area (Å²) in [6, 6.07) is 7.16. The standard InChI is InChI=1S/C21H25ClN4O3/c1-14-19(15(2)29-23-14)13-24-7-9-25(10-8-24)21(28)16-11-20(27)26(12-16)18-5-3-17(22)4-6-18/h3-6,16H,7-13H2,1-2H3. The molecule has 2 aromatic rings. The first-order valence-corrected chi connectivity index (χ1v) is 10.3. The van der Waals surface area contributed by atoms with Crippen molar-refractivity contribution in [3.8, 4) is 0 Å². The molecular weight excluding hydrogens is 392 g/mol. The summed E-state index contributed by atoms with van der Waals surface area (Å²) in [5, 5.41) is 4.64. The van der Waals surface area contributed by atoms with E-state index in [1.807, 2.05) is 30.9 Å². The Balaban J connectivity index is 1.33. The number of benzene rings is 1. The molecule has 3 heterocycles. The van der Waals surface area contributed by atoms with Crippen molar-refractivity contribution >= 4 is 29.1 Å². The van der Waals surface area contributed by atoms with E-state index < -0.39 is 0 Å². The summed E-state index contributed by atoms with van der Waals surface area (Å²) in [7, 11) is 0. The molecule has 8 heteroatoms. The van der Waals surface area contributed by atoms with E-state index in [1.165, 1.54) is 0 Å². The van der Waals surface area contributed by atoms with Crippen LogP contribution < -0.4 is 4.90 Å². The van der Waals surface area contributed by atoms with Crippen molar-refractivity contribution in [2.24, 2.45) is 5.92 Å². The lowest BCUT2D eigenvalue weighted by Crippen LogP contribution is -2.50. The molecule has 0 radical (unpaired) electrons. The molecule has 0 bridgehead atoms. The highest BCUT2D eigenvalue weighted by molar-refractivity contribution is 6.30. The zero-order chi connectivity index (χ0) is 20.5. The highest BCUT2D eigenvalue weighted by Crippen LogP contribution is 2.28. The Morgan fingerprint density at radius 1 is 1.17 bits per heavy atom. The first-order chi connectivity index (χ1) is 13.9. The van der Waals surface area contributed by atoms with Crippen LogP contribution in [0.1, 0.15) is 23.4 Å². The molecule has 2 fully saturated rings. The number of hydrogen-bond donors (Lipinski definition) is 0. The second-order valence-electron chi connectivity index (χ2n) is 7.79. The molecule has 7 nitrogen and oxygen atoms in total. The summed E-state index contributed by atoms with van der Waals surface area (Å²) in [4.78, 5) is 31.3. The van der Waals surface area contributed by atoms with Gasteiger partial charge >= 0.3 is 0 Å². The number of aromatic nitrogens is 1. The smallest absolute Gasteiger partial charge is 0.228 e. The Morgan fingerprint density at radius 2 is 1.86 bits per heavy atom. The third kappa shape index (κ3) is 4.16. The minimum Gasteiger partial charge on any atom is -0.361 e. The van der Waals surface area contributed by atoms with Crippen LogP contribution in [0.15, 0.2) is 28.8 Å². The first-order valence-electron chi connectivity index (χ1n) is 9.91. The third-order valence-corrected chi connectivity index (χ3v) is 6.11. The van der Waals surface area contributed by atoms with E-state index in [2.05, 4.69) is 10.1 Å². The van der Waals surface area contributed by atoms with Gasteiger partial charge in [-0.05, 0) is 38.1 Å². The summed E-state index contributed by atoms with van der Waals surface area (Å²) in [6.07, 6.45) is 0.265. The van der Waals surface area contributed by atoms with E-state index in [0.717, 1.165) is 42.3 Å². The predicted octanol–water partition coefficient (Wildman–Crippen LogP) is 2.64. The van der Waals surface area contributed by atoms with Crippen LogP contribution in [0, 0.1) is 19.8 Å². The summed E-state index contributed by atoms with van der Waals surface area (Å²) < 4.78 is 5.24. The molecule has 2 aliphatic rings. The quantitative estimate of drug-likeness (QED) is 0.766. The molecule has 29 heavy (non-hydrogen) atoms. The molecule has 4 rings (SSSR count). The Bertz CT molecular complexity index is 884. The van der Waals surface area contributed by atoms with Gasteiger partial charge in [-0.25, -0.2) is 0 Å². The molecule has 154 valence electrons. The molecule has 0 N–H and O–H groups in total. The van der Waals surface area contributed by atoms with Crippen LogP contribution in [0.2, 0.25) is 5.02 Å². The lowest BCUT2D eigenvalue weighted by molar-refractivity contribution is -0.137. The second-order valence-corrected chi connectivity index (χ2v) is 8.22. The molecule has 2 saturated heterocycles. The first kappa shape index (κ1) is 19.9. The van der Waals surface area contributed by atoms with Crippen LogP contribution in [0.3, 0.4) is 0 Å². The van der Waals surface area contributed by atoms with Gasteiger partial charge in [0.2, 0.25) is 11.8 Å². The van der Waals surface area contributed by atoms with Crippen LogP contribution in [0.5, 0.6) is 0 Å². The molecule has 1 aromatic carbocycles. The van der Waals surface area contributed by atoms with Crippen LogP contribution in [-0.4, -0.2) is 59.5 Å². The Hall–Kier alpha value is -2.38. The summed E-state index contributed by atoms with van der Waals surface area (Å²) >= 11 is 5.93. The summed E-state index contributed by atoms with van der Waals surface area (Å²) in [6.45, 7) is 8.05. The van der Waals surface area contributed by atoms with E-state index >= 15 is 0 Å². The lowest BCUT2D eigenvalue weighted by atomic mass is 10.1. The maximum absolute atomic E-state index is 13.0. The van der Waals surface area contributed by atoms with E-state index in [-0.39, 0.29) is 24.2 Å². The fraction of sp³-hybridized carbons (Fsp3) is 0.476. The van der Waals surface area contributed by atoms with Crippen molar-refractivity contribution < 1.29 is 14.1 Å². The summed E-state index contributed by atoms with van der Waals surface area (Å²) in [5.74, 6) is 0.634. The average molecular weight is 417 g/mol. The zero-order valence-electron chi connectivity index (χ0n) is 16.7. The van der Waals surface area contributed by atoms with Crippen LogP contribution in [0.4, 0.5) is 5.69 Å². The number of aryl methyl sites for hydroxylation is 2. The van der Waals surface area contributed by atoms with Crippen molar-refractivity contribution in [2.75, 3.05) is 37.6 Å². The fourth-order valence-electron chi connectivity index (χ4n) is 4.08. The fourth-order valence-corrected chi connectivity index (χ4v) is 4.21. The van der Waals surface area contributed by atoms with Crippen molar-refractivity contribution in [3.05, 3.63) is 46.3 Å². The number of anilines is 1. The van der Waals surface area contributed by atoms with E-state index in [9.17, 15) is 9.59 Å². The molecule has 0 saturated carbocycles. The minimum absolute atomic E-state index is 0.0114. The van der Waals surface area contributed by atoms with E-state index in [0.29, 0.717) is 24.7 Å².